The zero-order valence-corrected chi connectivity index (χ0v) is 17.1. The fraction of sp³-hybridized carbons (Fsp3) is 0.176. The van der Waals surface area contributed by atoms with Gasteiger partial charge in [-0.2, -0.15) is 15.2 Å². The minimum atomic E-state index is -4.28. The van der Waals surface area contributed by atoms with E-state index in [0.29, 0.717) is 11.2 Å². The molecule has 0 aliphatic rings. The minimum absolute atomic E-state index is 0.183. The molecule has 0 unspecified atom stereocenters. The Morgan fingerprint density at radius 1 is 1.35 bits per heavy atom. The van der Waals surface area contributed by atoms with E-state index in [1.807, 2.05) is 0 Å². The molecule has 4 rings (SSSR count). The van der Waals surface area contributed by atoms with Crippen molar-refractivity contribution in [3.8, 4) is 11.6 Å². The Labute approximate surface area is 182 Å². The Balaban J connectivity index is 1.74. The molecule has 0 bridgehead atoms. The van der Waals surface area contributed by atoms with E-state index in [1.54, 1.807) is 0 Å². The van der Waals surface area contributed by atoms with Gasteiger partial charge in [-0.15, -0.1) is 4.80 Å². The molecule has 0 aliphatic carbocycles. The Morgan fingerprint density at radius 2 is 2.10 bits per heavy atom. The maximum absolute atomic E-state index is 13.1. The summed E-state index contributed by atoms with van der Waals surface area (Å²) in [6.07, 6.45) is -1.65. The molecule has 4 aromatic rings. The van der Waals surface area contributed by atoms with Crippen molar-refractivity contribution in [2.75, 3.05) is 11.8 Å². The number of hydrogen-bond acceptors (Lipinski definition) is 7. The summed E-state index contributed by atoms with van der Waals surface area (Å²) in [5.74, 6) is -1.04. The highest BCUT2D eigenvalue weighted by Gasteiger charge is 2.24. The van der Waals surface area contributed by atoms with Crippen molar-refractivity contribution in [1.29, 1.82) is 0 Å². The number of sulfonamides is 1. The summed E-state index contributed by atoms with van der Waals surface area (Å²) in [6, 6.07) is 2.97. The van der Waals surface area contributed by atoms with E-state index in [9.17, 15) is 17.2 Å². The average Bonchev–Trinajstić information content (AvgIpc) is 3.43. The zero-order valence-electron chi connectivity index (χ0n) is 17.5. The quantitative estimate of drug-likeness (QED) is 0.424. The van der Waals surface area contributed by atoms with Gasteiger partial charge < -0.3 is 9.72 Å². The van der Waals surface area contributed by atoms with Crippen molar-refractivity contribution < 1.29 is 24.7 Å². The first-order valence-corrected chi connectivity index (χ1v) is 10.3. The molecule has 31 heavy (non-hydrogen) atoms. The molecule has 1 aromatic carbocycles. The number of rotatable bonds is 7. The molecule has 0 saturated carbocycles. The van der Waals surface area contributed by atoms with Crippen LogP contribution in [-0.2, 0) is 16.4 Å². The van der Waals surface area contributed by atoms with Gasteiger partial charge in [-0.05, 0) is 12.1 Å². The SMILES string of the molecule is [2H]C([2H])(c1cnc(NS(=O)(=O)c2c[nH]c3c(-n4nccn4)c(Cl)ccc23)nc1OC)C(F)F. The maximum Gasteiger partial charge on any atom is 0.266 e. The van der Waals surface area contributed by atoms with E-state index in [0.717, 1.165) is 13.3 Å². The smallest absolute Gasteiger partial charge is 0.266 e. The number of methoxy groups -OCH3 is 1. The summed E-state index contributed by atoms with van der Waals surface area (Å²) in [5, 5.41) is 8.56. The first-order chi connectivity index (χ1) is 15.6. The topological polar surface area (TPSA) is 128 Å². The van der Waals surface area contributed by atoms with E-state index in [2.05, 4.69) is 29.9 Å². The third-order valence-electron chi connectivity index (χ3n) is 4.09. The second-order valence-corrected chi connectivity index (χ2v) is 8.02. The molecule has 3 aromatic heterocycles. The number of ether oxygens (including phenoxy) is 1. The highest BCUT2D eigenvalue weighted by Crippen LogP contribution is 2.32. The highest BCUT2D eigenvalue weighted by molar-refractivity contribution is 7.93. The van der Waals surface area contributed by atoms with Gasteiger partial charge in [0, 0.05) is 32.5 Å². The second-order valence-electron chi connectivity index (χ2n) is 5.96. The largest absolute Gasteiger partial charge is 0.481 e. The summed E-state index contributed by atoms with van der Waals surface area (Å²) in [5.41, 5.74) is 0.0521. The van der Waals surface area contributed by atoms with Gasteiger partial charge in [0.05, 0.1) is 30.0 Å². The van der Waals surface area contributed by atoms with Gasteiger partial charge in [0.1, 0.15) is 10.6 Å². The first-order valence-electron chi connectivity index (χ1n) is 9.45. The van der Waals surface area contributed by atoms with Gasteiger partial charge in [-0.3, -0.25) is 0 Å². The molecular weight excluding hydrogens is 456 g/mol. The number of aromatic nitrogens is 6. The van der Waals surface area contributed by atoms with Crippen LogP contribution in [0.1, 0.15) is 8.30 Å². The number of nitrogens with one attached hydrogen (secondary N) is 2. The van der Waals surface area contributed by atoms with E-state index in [4.69, 9.17) is 19.1 Å². The van der Waals surface area contributed by atoms with Crippen molar-refractivity contribution in [3.63, 3.8) is 0 Å². The lowest BCUT2D eigenvalue weighted by Gasteiger charge is -2.10. The van der Waals surface area contributed by atoms with Crippen LogP contribution >= 0.6 is 11.6 Å². The van der Waals surface area contributed by atoms with E-state index in [-0.39, 0.29) is 15.3 Å². The summed E-state index contributed by atoms with van der Waals surface area (Å²) < 4.78 is 74.2. The summed E-state index contributed by atoms with van der Waals surface area (Å²) in [7, 11) is -3.20. The molecule has 2 N–H and O–H groups in total. The maximum atomic E-state index is 13.1. The molecule has 0 atom stereocenters. The standard InChI is InChI=1S/C17H14ClF2N7O3S/c1-30-16-9(6-13(19)20)7-22-17(25-16)26-31(28,29)12-8-21-14-10(12)2-3-11(18)15(14)27-23-4-5-24-27/h2-5,7-8,13,21H,6H2,1H3,(H,22,25,26)/i6D2. The Hall–Kier alpha value is -3.32. The van der Waals surface area contributed by atoms with Crippen LogP contribution in [0.4, 0.5) is 14.7 Å². The molecule has 3 heterocycles. The van der Waals surface area contributed by atoms with Crippen molar-refractivity contribution in [2.45, 2.75) is 17.7 Å². The lowest BCUT2D eigenvalue weighted by Crippen LogP contribution is -2.15. The van der Waals surface area contributed by atoms with Gasteiger partial charge in [0.2, 0.25) is 18.3 Å². The van der Waals surface area contributed by atoms with Crippen molar-refractivity contribution in [3.05, 3.63) is 47.5 Å². The molecule has 14 heteroatoms. The van der Waals surface area contributed by atoms with Crippen LogP contribution in [0.2, 0.25) is 5.02 Å². The second kappa shape index (κ2) is 8.07. The number of fused-ring (bicyclic) bond motifs is 1. The van der Waals surface area contributed by atoms with E-state index < -0.39 is 40.2 Å². The van der Waals surface area contributed by atoms with Gasteiger partial charge >= 0.3 is 0 Å². The fourth-order valence-electron chi connectivity index (χ4n) is 2.84. The third kappa shape index (κ3) is 4.01. The number of benzene rings is 1. The van der Waals surface area contributed by atoms with Gasteiger partial charge in [-0.25, -0.2) is 26.9 Å². The van der Waals surface area contributed by atoms with Crippen LogP contribution in [0.15, 0.2) is 41.8 Å². The molecule has 0 radical (unpaired) electrons. The van der Waals surface area contributed by atoms with Crippen LogP contribution in [0, 0.1) is 0 Å². The van der Waals surface area contributed by atoms with Crippen LogP contribution in [-0.4, -0.2) is 51.9 Å². The predicted octanol–water partition coefficient (Wildman–Crippen LogP) is 2.81. The number of alkyl halides is 2. The molecule has 10 nitrogen and oxygen atoms in total. The molecule has 0 fully saturated rings. The normalized spacial score (nSPS) is 13.3. The van der Waals surface area contributed by atoms with Crippen LogP contribution in [0.3, 0.4) is 0 Å². The Bertz CT molecular complexity index is 1430. The van der Waals surface area contributed by atoms with Crippen molar-refractivity contribution in [2.24, 2.45) is 0 Å². The van der Waals surface area contributed by atoms with Crippen LogP contribution < -0.4 is 9.46 Å². The fourth-order valence-corrected chi connectivity index (χ4v) is 4.20. The van der Waals surface area contributed by atoms with Gasteiger partial charge in [0.25, 0.3) is 10.0 Å². The van der Waals surface area contributed by atoms with Gasteiger partial charge in [-0.1, -0.05) is 11.6 Å². The first kappa shape index (κ1) is 18.4. The van der Waals surface area contributed by atoms with Crippen molar-refractivity contribution in [1.82, 2.24) is 29.9 Å². The number of halogens is 3. The van der Waals surface area contributed by atoms with Crippen molar-refractivity contribution >= 4 is 38.5 Å². The molecule has 0 aliphatic heterocycles. The third-order valence-corrected chi connectivity index (χ3v) is 5.76. The monoisotopic (exact) mass is 471 g/mol. The number of H-pyrrole nitrogens is 1. The van der Waals surface area contributed by atoms with Gasteiger partial charge in [0.15, 0.2) is 0 Å². The lowest BCUT2D eigenvalue weighted by molar-refractivity contribution is 0.147. The van der Waals surface area contributed by atoms with E-state index in [1.165, 1.54) is 35.5 Å². The molecule has 162 valence electrons. The number of anilines is 1. The summed E-state index contributed by atoms with van der Waals surface area (Å²) in [6.45, 7) is 0. The Morgan fingerprint density at radius 3 is 2.77 bits per heavy atom. The predicted molar refractivity (Wildman–Crippen MR) is 107 cm³/mol. The molecule has 0 saturated heterocycles. The lowest BCUT2D eigenvalue weighted by atomic mass is 10.2. The number of aromatic amines is 1. The van der Waals surface area contributed by atoms with Crippen LogP contribution in [0.25, 0.3) is 16.6 Å². The summed E-state index contributed by atoms with van der Waals surface area (Å²) >= 11 is 6.25. The molecule has 0 amide bonds. The average molecular weight is 472 g/mol. The molecular formula is C17H14ClF2N7O3S. The highest BCUT2D eigenvalue weighted by atomic mass is 35.5. The minimum Gasteiger partial charge on any atom is -0.481 e. The summed E-state index contributed by atoms with van der Waals surface area (Å²) in [4.78, 5) is 11.3. The Kier molecular flexibility index (Phi) is 4.81. The zero-order chi connectivity index (χ0) is 24.0. The van der Waals surface area contributed by atoms with E-state index >= 15 is 0 Å². The van der Waals surface area contributed by atoms with Crippen LogP contribution in [0.5, 0.6) is 5.88 Å². The number of nitrogens with zero attached hydrogens (tertiary/aromatic N) is 5. The number of hydrogen-bond donors (Lipinski definition) is 2. The molecule has 0 spiro atoms.